The zero-order chi connectivity index (χ0) is 12.6. The van der Waals surface area contributed by atoms with Gasteiger partial charge in [-0.25, -0.2) is 3.97 Å². The van der Waals surface area contributed by atoms with Gasteiger partial charge in [-0.3, -0.25) is 0 Å². The maximum Gasteiger partial charge on any atom is 0.308 e. The molecule has 0 saturated carbocycles. The molecule has 0 aliphatic carbocycles. The van der Waals surface area contributed by atoms with Gasteiger partial charge in [-0.15, -0.1) is 0 Å². The molecule has 3 rings (SSSR count). The molecule has 0 atom stereocenters. The Balaban J connectivity index is 2.07. The molecule has 1 radical (unpaired) electrons. The number of nitrogens with zero attached hydrogens (tertiary/aromatic N) is 2. The smallest absolute Gasteiger partial charge is 0.308 e. The van der Waals surface area contributed by atoms with Crippen molar-refractivity contribution in [2.45, 2.75) is 0 Å². The van der Waals surface area contributed by atoms with Crippen molar-refractivity contribution in [2.24, 2.45) is 0 Å². The lowest BCUT2D eigenvalue weighted by Gasteiger charge is -2.26. The molecule has 1 fully saturated rings. The Morgan fingerprint density at radius 3 is 2.67 bits per heavy atom. The van der Waals surface area contributed by atoms with Crippen molar-refractivity contribution in [2.75, 3.05) is 26.3 Å². The zero-order valence-electron chi connectivity index (χ0n) is 9.74. The van der Waals surface area contributed by atoms with Crippen LogP contribution in [0.3, 0.4) is 0 Å². The van der Waals surface area contributed by atoms with E-state index in [9.17, 15) is 8.42 Å². The second-order valence-corrected chi connectivity index (χ2v) is 5.91. The second-order valence-electron chi connectivity index (χ2n) is 4.11. The SMILES string of the molecule is O=S(=O)(N1CCOCC1)n1c[c]c2ccccc21. The topological polar surface area (TPSA) is 51.5 Å². The molecule has 0 amide bonds. The van der Waals surface area contributed by atoms with Crippen LogP contribution in [0.2, 0.25) is 0 Å². The Morgan fingerprint density at radius 2 is 1.89 bits per heavy atom. The Bertz CT molecular complexity index is 657. The molecule has 2 aromatic rings. The highest BCUT2D eigenvalue weighted by Crippen LogP contribution is 2.19. The third-order valence-corrected chi connectivity index (χ3v) is 4.84. The fourth-order valence-electron chi connectivity index (χ4n) is 2.08. The first-order chi connectivity index (χ1) is 8.69. The van der Waals surface area contributed by atoms with E-state index < -0.39 is 10.2 Å². The van der Waals surface area contributed by atoms with Crippen molar-refractivity contribution in [1.82, 2.24) is 8.28 Å². The third-order valence-electron chi connectivity index (χ3n) is 3.02. The van der Waals surface area contributed by atoms with Crippen LogP contribution in [0.25, 0.3) is 10.9 Å². The molecule has 5 nitrogen and oxygen atoms in total. The lowest BCUT2D eigenvalue weighted by molar-refractivity contribution is 0.0726. The molecule has 1 aliphatic heterocycles. The Kier molecular flexibility index (Phi) is 2.85. The quantitative estimate of drug-likeness (QED) is 0.809. The molecule has 95 valence electrons. The minimum absolute atomic E-state index is 0.398. The molecule has 0 bridgehead atoms. The van der Waals surface area contributed by atoms with E-state index in [2.05, 4.69) is 6.07 Å². The number of aromatic nitrogens is 1. The van der Waals surface area contributed by atoms with E-state index in [0.717, 1.165) is 5.39 Å². The number of ether oxygens (including phenoxy) is 1. The van der Waals surface area contributed by atoms with Crippen LogP contribution < -0.4 is 0 Å². The molecule has 1 aromatic carbocycles. The summed E-state index contributed by atoms with van der Waals surface area (Å²) in [5.41, 5.74) is 0.656. The van der Waals surface area contributed by atoms with Crippen molar-refractivity contribution in [3.8, 4) is 0 Å². The highest BCUT2D eigenvalue weighted by molar-refractivity contribution is 7.87. The van der Waals surface area contributed by atoms with E-state index in [4.69, 9.17) is 4.74 Å². The highest BCUT2D eigenvalue weighted by atomic mass is 32.2. The van der Waals surface area contributed by atoms with Crippen LogP contribution >= 0.6 is 0 Å². The summed E-state index contributed by atoms with van der Waals surface area (Å²) in [6, 6.07) is 10.3. The summed E-state index contributed by atoms with van der Waals surface area (Å²) in [5, 5.41) is 0.800. The molecule has 1 aromatic heterocycles. The van der Waals surface area contributed by atoms with Gasteiger partial charge in [0.2, 0.25) is 0 Å². The second kappa shape index (κ2) is 4.38. The van der Waals surface area contributed by atoms with Gasteiger partial charge in [0.05, 0.1) is 18.7 Å². The van der Waals surface area contributed by atoms with Gasteiger partial charge in [0.25, 0.3) is 0 Å². The number of rotatable bonds is 2. The van der Waals surface area contributed by atoms with Crippen LogP contribution in [0.4, 0.5) is 0 Å². The van der Waals surface area contributed by atoms with E-state index in [1.165, 1.54) is 14.5 Å². The largest absolute Gasteiger partial charge is 0.379 e. The maximum atomic E-state index is 12.5. The van der Waals surface area contributed by atoms with Gasteiger partial charge in [0, 0.05) is 30.7 Å². The lowest BCUT2D eigenvalue weighted by atomic mass is 10.3. The fraction of sp³-hybridized carbons (Fsp3) is 0.333. The lowest BCUT2D eigenvalue weighted by Crippen LogP contribution is -2.43. The van der Waals surface area contributed by atoms with Crippen molar-refractivity contribution in [3.05, 3.63) is 36.5 Å². The Labute approximate surface area is 106 Å². The van der Waals surface area contributed by atoms with Gasteiger partial charge < -0.3 is 4.74 Å². The molecule has 6 heteroatoms. The van der Waals surface area contributed by atoms with Crippen LogP contribution in [0.5, 0.6) is 0 Å². The van der Waals surface area contributed by atoms with Crippen LogP contribution in [0.1, 0.15) is 0 Å². The fourth-order valence-corrected chi connectivity index (χ4v) is 3.53. The van der Waals surface area contributed by atoms with E-state index >= 15 is 0 Å². The van der Waals surface area contributed by atoms with E-state index in [0.29, 0.717) is 31.8 Å². The van der Waals surface area contributed by atoms with Crippen LogP contribution in [0, 0.1) is 6.07 Å². The zero-order valence-corrected chi connectivity index (χ0v) is 10.6. The normalized spacial score (nSPS) is 18.2. The molecular weight excluding hydrogens is 252 g/mol. The van der Waals surface area contributed by atoms with Crippen molar-refractivity contribution >= 4 is 21.1 Å². The number of hydrogen-bond acceptors (Lipinski definition) is 3. The molecule has 0 unspecified atom stereocenters. The molecule has 1 aliphatic rings. The number of fused-ring (bicyclic) bond motifs is 1. The molecule has 0 spiro atoms. The predicted octanol–water partition coefficient (Wildman–Crippen LogP) is 0.867. The highest BCUT2D eigenvalue weighted by Gasteiger charge is 2.26. The third kappa shape index (κ3) is 1.82. The average Bonchev–Trinajstić information content (AvgIpc) is 2.84. The number of hydrogen-bond donors (Lipinski definition) is 0. The minimum Gasteiger partial charge on any atom is -0.379 e. The van der Waals surface area contributed by atoms with Gasteiger partial charge in [0.1, 0.15) is 0 Å². The van der Waals surface area contributed by atoms with Crippen LogP contribution in [-0.4, -0.2) is 43.0 Å². The summed E-state index contributed by atoms with van der Waals surface area (Å²) >= 11 is 0. The number of para-hydroxylation sites is 1. The first-order valence-corrected chi connectivity index (χ1v) is 7.15. The van der Waals surface area contributed by atoms with Gasteiger partial charge >= 0.3 is 10.2 Å². The van der Waals surface area contributed by atoms with Crippen molar-refractivity contribution < 1.29 is 13.2 Å². The molecule has 2 heterocycles. The average molecular weight is 265 g/mol. The standard InChI is InChI=1S/C12H13N2O3S/c15-18(16,13-7-9-17-10-8-13)14-6-5-11-3-1-2-4-12(11)14/h1-4,6H,7-10H2. The van der Waals surface area contributed by atoms with E-state index in [1.807, 2.05) is 18.2 Å². The van der Waals surface area contributed by atoms with Crippen molar-refractivity contribution in [3.63, 3.8) is 0 Å². The Hall–Kier alpha value is -1.37. The number of morpholine rings is 1. The summed E-state index contributed by atoms with van der Waals surface area (Å²) < 4.78 is 32.9. The first kappa shape index (κ1) is 11.7. The van der Waals surface area contributed by atoms with Gasteiger partial charge in [-0.2, -0.15) is 12.7 Å². The van der Waals surface area contributed by atoms with E-state index in [-0.39, 0.29) is 0 Å². The summed E-state index contributed by atoms with van der Waals surface area (Å²) in [6.07, 6.45) is 1.48. The first-order valence-electron chi connectivity index (χ1n) is 5.76. The maximum absolute atomic E-state index is 12.5. The molecular formula is C12H13N2O3S. The van der Waals surface area contributed by atoms with Crippen LogP contribution in [-0.2, 0) is 14.9 Å². The van der Waals surface area contributed by atoms with Gasteiger partial charge in [-0.1, -0.05) is 18.2 Å². The van der Waals surface area contributed by atoms with E-state index in [1.54, 1.807) is 6.07 Å². The number of benzene rings is 1. The van der Waals surface area contributed by atoms with Gasteiger partial charge in [0.15, 0.2) is 0 Å². The summed E-state index contributed by atoms with van der Waals surface area (Å²) in [6.45, 7) is 1.69. The molecule has 0 N–H and O–H groups in total. The monoisotopic (exact) mass is 265 g/mol. The molecule has 1 saturated heterocycles. The van der Waals surface area contributed by atoms with Gasteiger partial charge in [-0.05, 0) is 6.07 Å². The Morgan fingerprint density at radius 1 is 1.17 bits per heavy atom. The summed E-state index contributed by atoms with van der Waals surface area (Å²) in [4.78, 5) is 0. The van der Waals surface area contributed by atoms with Crippen molar-refractivity contribution in [1.29, 1.82) is 0 Å². The summed E-state index contributed by atoms with van der Waals surface area (Å²) in [7, 11) is -3.51. The summed E-state index contributed by atoms with van der Waals surface area (Å²) in [5.74, 6) is 0. The molecule has 18 heavy (non-hydrogen) atoms. The predicted molar refractivity (Wildman–Crippen MR) is 67.5 cm³/mol. The minimum atomic E-state index is -3.51. The van der Waals surface area contributed by atoms with Crippen LogP contribution in [0.15, 0.2) is 30.5 Å².